The molecule has 1 nitrogen and oxygen atoms in total. The zero-order chi connectivity index (χ0) is 11.8. The highest BCUT2D eigenvalue weighted by Crippen LogP contribution is 2.52. The first-order valence-corrected chi connectivity index (χ1v) is 6.87. The van der Waals surface area contributed by atoms with Crippen molar-refractivity contribution in [2.45, 2.75) is 46.5 Å². The van der Waals surface area contributed by atoms with E-state index in [4.69, 9.17) is 0 Å². The van der Waals surface area contributed by atoms with E-state index in [1.807, 2.05) is 0 Å². The summed E-state index contributed by atoms with van der Waals surface area (Å²) in [7, 11) is 0. The van der Waals surface area contributed by atoms with Gasteiger partial charge in [0.25, 0.3) is 0 Å². The molecule has 0 heterocycles. The maximum Gasteiger partial charge on any atom is 0.0524 e. The maximum atomic E-state index is 9.77. The second-order valence-corrected chi connectivity index (χ2v) is 6.39. The van der Waals surface area contributed by atoms with Crippen LogP contribution in [-0.4, -0.2) is 11.7 Å². The van der Waals surface area contributed by atoms with Crippen molar-refractivity contribution in [3.05, 3.63) is 12.2 Å². The molecule has 2 aliphatic carbocycles. The van der Waals surface area contributed by atoms with Crippen molar-refractivity contribution in [3.8, 4) is 0 Å². The van der Waals surface area contributed by atoms with Gasteiger partial charge in [-0.2, -0.15) is 0 Å². The van der Waals surface area contributed by atoms with E-state index in [2.05, 4.69) is 32.9 Å². The van der Waals surface area contributed by atoms with Crippen LogP contribution in [0, 0.1) is 29.1 Å². The number of fused-ring (bicyclic) bond motifs is 1. The Kier molecular flexibility index (Phi) is 3.44. The molecular formula is C15H26O. The molecule has 1 saturated carbocycles. The molecule has 1 fully saturated rings. The van der Waals surface area contributed by atoms with Crippen molar-refractivity contribution in [2.75, 3.05) is 6.61 Å². The Morgan fingerprint density at radius 2 is 2.19 bits per heavy atom. The summed E-state index contributed by atoms with van der Waals surface area (Å²) in [6, 6.07) is 0. The molecule has 16 heavy (non-hydrogen) atoms. The first-order chi connectivity index (χ1) is 7.59. The van der Waals surface area contributed by atoms with Crippen molar-refractivity contribution >= 4 is 0 Å². The molecule has 92 valence electrons. The highest BCUT2D eigenvalue weighted by Gasteiger charge is 2.45. The van der Waals surface area contributed by atoms with Gasteiger partial charge in [-0.1, -0.05) is 32.9 Å². The molecule has 0 aromatic carbocycles. The number of aliphatic hydroxyl groups is 1. The molecule has 0 aromatic rings. The average molecular weight is 222 g/mol. The fourth-order valence-electron chi connectivity index (χ4n) is 3.86. The van der Waals surface area contributed by atoms with Crippen LogP contribution in [0.25, 0.3) is 0 Å². The maximum absolute atomic E-state index is 9.77. The van der Waals surface area contributed by atoms with Gasteiger partial charge in [0.1, 0.15) is 0 Å². The van der Waals surface area contributed by atoms with Gasteiger partial charge in [-0.3, -0.25) is 0 Å². The molecule has 0 amide bonds. The minimum absolute atomic E-state index is 0.128. The van der Waals surface area contributed by atoms with Crippen molar-refractivity contribution in [3.63, 3.8) is 0 Å². The fraction of sp³-hybridized carbons (Fsp3) is 0.867. The Labute approximate surface area is 99.9 Å². The van der Waals surface area contributed by atoms with Gasteiger partial charge < -0.3 is 5.11 Å². The van der Waals surface area contributed by atoms with Crippen LogP contribution in [0.4, 0.5) is 0 Å². The van der Waals surface area contributed by atoms with Crippen LogP contribution >= 0.6 is 0 Å². The van der Waals surface area contributed by atoms with Crippen molar-refractivity contribution < 1.29 is 5.11 Å². The molecule has 0 unspecified atom stereocenters. The zero-order valence-corrected chi connectivity index (χ0v) is 10.9. The monoisotopic (exact) mass is 222 g/mol. The third-order valence-electron chi connectivity index (χ3n) is 5.16. The third-order valence-corrected chi connectivity index (χ3v) is 5.16. The van der Waals surface area contributed by atoms with Crippen LogP contribution in [0.1, 0.15) is 46.5 Å². The highest BCUT2D eigenvalue weighted by molar-refractivity contribution is 5.11. The number of allylic oxidation sites excluding steroid dienone is 1. The van der Waals surface area contributed by atoms with Crippen LogP contribution in [0.2, 0.25) is 0 Å². The number of rotatable bonds is 2. The Hall–Kier alpha value is -0.300. The van der Waals surface area contributed by atoms with Gasteiger partial charge in [0.05, 0.1) is 6.61 Å². The summed E-state index contributed by atoms with van der Waals surface area (Å²) in [5.74, 6) is 3.13. The van der Waals surface area contributed by atoms with Crippen molar-refractivity contribution in [1.82, 2.24) is 0 Å². The summed E-state index contributed by atoms with van der Waals surface area (Å²) in [5.41, 5.74) is 0.128. The molecule has 0 bridgehead atoms. The van der Waals surface area contributed by atoms with Crippen LogP contribution in [0.15, 0.2) is 12.2 Å². The lowest BCUT2D eigenvalue weighted by molar-refractivity contribution is -0.0000333. The lowest BCUT2D eigenvalue weighted by atomic mass is 9.56. The molecule has 2 rings (SSSR count). The second-order valence-electron chi connectivity index (χ2n) is 6.39. The average Bonchev–Trinajstić information content (AvgIpc) is 2.29. The molecular weight excluding hydrogens is 196 g/mol. The van der Waals surface area contributed by atoms with Crippen molar-refractivity contribution in [2.24, 2.45) is 29.1 Å². The third kappa shape index (κ3) is 1.95. The van der Waals surface area contributed by atoms with Gasteiger partial charge in [-0.25, -0.2) is 0 Å². The van der Waals surface area contributed by atoms with E-state index in [0.717, 1.165) is 17.8 Å². The lowest BCUT2D eigenvalue weighted by Gasteiger charge is -2.49. The van der Waals surface area contributed by atoms with E-state index in [1.54, 1.807) is 0 Å². The summed E-state index contributed by atoms with van der Waals surface area (Å²) >= 11 is 0. The first-order valence-electron chi connectivity index (χ1n) is 6.87. The lowest BCUT2D eigenvalue weighted by Crippen LogP contribution is -2.44. The van der Waals surface area contributed by atoms with Gasteiger partial charge in [-0.05, 0) is 49.4 Å². The number of hydrogen-bond donors (Lipinski definition) is 1. The first kappa shape index (κ1) is 12.2. The van der Waals surface area contributed by atoms with Crippen molar-refractivity contribution in [1.29, 1.82) is 0 Å². The van der Waals surface area contributed by atoms with Crippen LogP contribution in [0.3, 0.4) is 0 Å². The topological polar surface area (TPSA) is 20.2 Å². The van der Waals surface area contributed by atoms with Crippen LogP contribution in [0.5, 0.6) is 0 Å². The number of aliphatic hydroxyl groups excluding tert-OH is 1. The summed E-state index contributed by atoms with van der Waals surface area (Å²) < 4.78 is 0. The smallest absolute Gasteiger partial charge is 0.0524 e. The molecule has 2 aliphatic rings. The van der Waals surface area contributed by atoms with E-state index in [1.165, 1.54) is 25.7 Å². The minimum Gasteiger partial charge on any atom is -0.395 e. The van der Waals surface area contributed by atoms with Gasteiger partial charge in [0.2, 0.25) is 0 Å². The SMILES string of the molecule is CC(C)[C@@H]1CC[C@@]2(CO)C=CC[C@@H](C)[C@@H]2C1. The molecule has 1 N–H and O–H groups in total. The Morgan fingerprint density at radius 1 is 1.44 bits per heavy atom. The Bertz CT molecular complexity index is 269. The molecule has 4 atom stereocenters. The summed E-state index contributed by atoms with van der Waals surface area (Å²) in [5, 5.41) is 9.77. The molecule has 0 saturated heterocycles. The minimum atomic E-state index is 0.128. The van der Waals surface area contributed by atoms with E-state index in [0.29, 0.717) is 12.5 Å². The fourth-order valence-corrected chi connectivity index (χ4v) is 3.86. The molecule has 0 aliphatic heterocycles. The van der Waals surface area contributed by atoms with Gasteiger partial charge in [-0.15, -0.1) is 0 Å². The number of hydrogen-bond acceptors (Lipinski definition) is 1. The quantitative estimate of drug-likeness (QED) is 0.707. The zero-order valence-electron chi connectivity index (χ0n) is 10.9. The Morgan fingerprint density at radius 3 is 2.81 bits per heavy atom. The van der Waals surface area contributed by atoms with E-state index >= 15 is 0 Å². The van der Waals surface area contributed by atoms with Gasteiger partial charge in [0.15, 0.2) is 0 Å². The van der Waals surface area contributed by atoms with Gasteiger partial charge in [0, 0.05) is 5.41 Å². The van der Waals surface area contributed by atoms with Crippen LogP contribution < -0.4 is 0 Å². The normalized spacial score (nSPS) is 43.4. The predicted molar refractivity (Wildman–Crippen MR) is 68.1 cm³/mol. The van der Waals surface area contributed by atoms with E-state index < -0.39 is 0 Å². The predicted octanol–water partition coefficient (Wildman–Crippen LogP) is 3.63. The van der Waals surface area contributed by atoms with Crippen LogP contribution in [-0.2, 0) is 0 Å². The molecule has 0 spiro atoms. The molecule has 0 aromatic heterocycles. The van der Waals surface area contributed by atoms with E-state index in [9.17, 15) is 5.11 Å². The Balaban J connectivity index is 2.19. The van der Waals surface area contributed by atoms with Gasteiger partial charge >= 0.3 is 0 Å². The van der Waals surface area contributed by atoms with E-state index in [-0.39, 0.29) is 5.41 Å². The summed E-state index contributed by atoms with van der Waals surface area (Å²) in [6.45, 7) is 7.41. The molecule has 0 radical (unpaired) electrons. The molecule has 1 heteroatoms. The summed E-state index contributed by atoms with van der Waals surface area (Å²) in [4.78, 5) is 0. The standard InChI is InChI=1S/C15H26O/c1-11(2)13-6-8-15(10-16)7-4-5-12(3)14(15)9-13/h4,7,11-14,16H,5-6,8-10H2,1-3H3/t12-,13-,14+,15-/m1/s1. The second kappa shape index (κ2) is 4.52. The largest absolute Gasteiger partial charge is 0.395 e. The highest BCUT2D eigenvalue weighted by atomic mass is 16.3. The summed E-state index contributed by atoms with van der Waals surface area (Å²) in [6.07, 6.45) is 9.64.